The lowest BCUT2D eigenvalue weighted by Gasteiger charge is -2.41. The average Bonchev–Trinajstić information content (AvgIpc) is 3.26. The molecule has 0 radical (unpaired) electrons. The van der Waals surface area contributed by atoms with Crippen molar-refractivity contribution >= 4 is 0 Å². The van der Waals surface area contributed by atoms with Gasteiger partial charge in [-0.2, -0.15) is 4.98 Å². The SMILES string of the molecule is COCCC1(c2noc(-c3ccc(F)cc3)n2)CCCN(Cc2ccncc2F)C1. The molecular formula is C22H24F2N4O2. The molecule has 1 atom stereocenters. The van der Waals surface area contributed by atoms with Crippen LogP contribution in [0.2, 0.25) is 0 Å². The second-order valence-electron chi connectivity index (χ2n) is 7.73. The number of piperidine rings is 1. The normalized spacial score (nSPS) is 19.8. The van der Waals surface area contributed by atoms with E-state index < -0.39 is 0 Å². The third-order valence-corrected chi connectivity index (χ3v) is 5.68. The fourth-order valence-electron chi connectivity index (χ4n) is 4.08. The van der Waals surface area contributed by atoms with Gasteiger partial charge in [0.25, 0.3) is 5.89 Å². The van der Waals surface area contributed by atoms with Gasteiger partial charge in [-0.1, -0.05) is 5.16 Å². The lowest BCUT2D eigenvalue weighted by Crippen LogP contribution is -2.47. The molecular weight excluding hydrogens is 390 g/mol. The number of methoxy groups -OCH3 is 1. The summed E-state index contributed by atoms with van der Waals surface area (Å²) in [6.07, 6.45) is 5.38. The molecule has 8 heteroatoms. The molecule has 0 aliphatic carbocycles. The smallest absolute Gasteiger partial charge is 0.257 e. The van der Waals surface area contributed by atoms with Gasteiger partial charge in [0.2, 0.25) is 0 Å². The summed E-state index contributed by atoms with van der Waals surface area (Å²) < 4.78 is 38.2. The van der Waals surface area contributed by atoms with E-state index in [9.17, 15) is 8.78 Å². The number of benzene rings is 1. The van der Waals surface area contributed by atoms with Gasteiger partial charge in [0.05, 0.1) is 6.20 Å². The van der Waals surface area contributed by atoms with Gasteiger partial charge >= 0.3 is 0 Å². The van der Waals surface area contributed by atoms with Crippen LogP contribution < -0.4 is 0 Å². The number of nitrogens with zero attached hydrogens (tertiary/aromatic N) is 4. The number of hydrogen-bond donors (Lipinski definition) is 0. The highest BCUT2D eigenvalue weighted by atomic mass is 19.1. The Morgan fingerprint density at radius 1 is 1.20 bits per heavy atom. The zero-order valence-corrected chi connectivity index (χ0v) is 16.9. The molecule has 0 bridgehead atoms. The molecule has 6 nitrogen and oxygen atoms in total. The quantitative estimate of drug-likeness (QED) is 0.583. The van der Waals surface area contributed by atoms with Crippen molar-refractivity contribution in [2.75, 3.05) is 26.8 Å². The van der Waals surface area contributed by atoms with Gasteiger partial charge in [-0.3, -0.25) is 9.88 Å². The van der Waals surface area contributed by atoms with Crippen molar-refractivity contribution in [3.05, 3.63) is 65.7 Å². The molecule has 2 aromatic heterocycles. The molecule has 3 aromatic rings. The molecule has 30 heavy (non-hydrogen) atoms. The molecule has 1 saturated heterocycles. The Hall–Kier alpha value is -2.71. The highest BCUT2D eigenvalue weighted by Crippen LogP contribution is 2.37. The largest absolute Gasteiger partial charge is 0.385 e. The van der Waals surface area contributed by atoms with Crippen LogP contribution >= 0.6 is 0 Å². The Balaban J connectivity index is 1.59. The first-order valence-corrected chi connectivity index (χ1v) is 9.99. The molecule has 0 amide bonds. The van der Waals surface area contributed by atoms with Crippen LogP contribution in [0, 0.1) is 11.6 Å². The lowest BCUT2D eigenvalue weighted by molar-refractivity contribution is 0.0913. The maximum atomic E-state index is 14.1. The van der Waals surface area contributed by atoms with Gasteiger partial charge in [-0.05, 0) is 56.1 Å². The number of pyridine rings is 1. The molecule has 1 aliphatic rings. The maximum Gasteiger partial charge on any atom is 0.257 e. The Morgan fingerprint density at radius 3 is 2.80 bits per heavy atom. The summed E-state index contributed by atoms with van der Waals surface area (Å²) in [4.78, 5) is 10.7. The monoisotopic (exact) mass is 414 g/mol. The minimum absolute atomic E-state index is 0.302. The van der Waals surface area contributed by atoms with E-state index in [1.54, 1.807) is 31.5 Å². The molecule has 1 unspecified atom stereocenters. The van der Waals surface area contributed by atoms with Crippen LogP contribution in [-0.4, -0.2) is 46.8 Å². The summed E-state index contributed by atoms with van der Waals surface area (Å²) in [5.41, 5.74) is 0.927. The Labute approximate surface area is 173 Å². The first-order valence-electron chi connectivity index (χ1n) is 9.99. The highest BCUT2D eigenvalue weighted by molar-refractivity contribution is 5.52. The van der Waals surface area contributed by atoms with Crippen molar-refractivity contribution in [1.82, 2.24) is 20.0 Å². The number of likely N-dealkylation sites (tertiary alicyclic amines) is 1. The van der Waals surface area contributed by atoms with Crippen molar-refractivity contribution < 1.29 is 18.0 Å². The lowest BCUT2D eigenvalue weighted by atomic mass is 9.76. The molecule has 3 heterocycles. The summed E-state index contributed by atoms with van der Waals surface area (Å²) >= 11 is 0. The highest BCUT2D eigenvalue weighted by Gasteiger charge is 2.41. The van der Waals surface area contributed by atoms with Crippen LogP contribution in [0.5, 0.6) is 0 Å². The summed E-state index contributed by atoms with van der Waals surface area (Å²) in [6.45, 7) is 2.57. The van der Waals surface area contributed by atoms with Gasteiger partial charge in [-0.25, -0.2) is 8.78 Å². The third-order valence-electron chi connectivity index (χ3n) is 5.68. The van der Waals surface area contributed by atoms with Gasteiger partial charge in [0.15, 0.2) is 5.82 Å². The van der Waals surface area contributed by atoms with Crippen LogP contribution in [-0.2, 0) is 16.7 Å². The van der Waals surface area contributed by atoms with E-state index in [0.29, 0.717) is 42.5 Å². The predicted molar refractivity (Wildman–Crippen MR) is 107 cm³/mol. The average molecular weight is 414 g/mol. The Morgan fingerprint density at radius 2 is 2.03 bits per heavy atom. The first kappa shape index (κ1) is 20.6. The van der Waals surface area contributed by atoms with Crippen LogP contribution in [0.3, 0.4) is 0 Å². The van der Waals surface area contributed by atoms with Crippen molar-refractivity contribution in [3.8, 4) is 11.5 Å². The van der Waals surface area contributed by atoms with E-state index >= 15 is 0 Å². The maximum absolute atomic E-state index is 14.1. The molecule has 0 N–H and O–H groups in total. The minimum atomic E-state index is -0.362. The Kier molecular flexibility index (Phi) is 6.15. The van der Waals surface area contributed by atoms with E-state index in [0.717, 1.165) is 25.8 Å². The van der Waals surface area contributed by atoms with Crippen molar-refractivity contribution in [2.24, 2.45) is 0 Å². The summed E-state index contributed by atoms with van der Waals surface area (Å²) in [6, 6.07) is 7.68. The van der Waals surface area contributed by atoms with E-state index in [1.807, 2.05) is 0 Å². The zero-order chi connectivity index (χ0) is 21.0. The van der Waals surface area contributed by atoms with Crippen LogP contribution in [0.25, 0.3) is 11.5 Å². The molecule has 1 aromatic carbocycles. The van der Waals surface area contributed by atoms with Crippen LogP contribution in [0.4, 0.5) is 8.78 Å². The van der Waals surface area contributed by atoms with Crippen molar-refractivity contribution in [3.63, 3.8) is 0 Å². The number of hydrogen-bond acceptors (Lipinski definition) is 6. The van der Waals surface area contributed by atoms with Crippen molar-refractivity contribution in [2.45, 2.75) is 31.2 Å². The zero-order valence-electron chi connectivity index (χ0n) is 16.9. The van der Waals surface area contributed by atoms with Crippen molar-refractivity contribution in [1.29, 1.82) is 0 Å². The molecule has 0 saturated carbocycles. The fourth-order valence-corrected chi connectivity index (χ4v) is 4.08. The van der Waals surface area contributed by atoms with Gasteiger partial charge in [-0.15, -0.1) is 0 Å². The number of ether oxygens (including phenoxy) is 1. The van der Waals surface area contributed by atoms with Gasteiger partial charge in [0.1, 0.15) is 11.6 Å². The molecule has 158 valence electrons. The fraction of sp³-hybridized carbons (Fsp3) is 0.409. The molecule has 1 fully saturated rings. The molecule has 0 spiro atoms. The van der Waals surface area contributed by atoms with E-state index in [1.165, 1.54) is 18.3 Å². The summed E-state index contributed by atoms with van der Waals surface area (Å²) in [5.74, 6) is 0.350. The van der Waals surface area contributed by atoms with E-state index in [4.69, 9.17) is 9.26 Å². The van der Waals surface area contributed by atoms with E-state index in [2.05, 4.69) is 20.0 Å². The van der Waals surface area contributed by atoms with Gasteiger partial charge in [0, 0.05) is 49.5 Å². The second kappa shape index (κ2) is 8.97. The summed E-state index contributed by atoms with van der Waals surface area (Å²) in [5, 5.41) is 4.28. The molecule has 4 rings (SSSR count). The Bertz CT molecular complexity index is 979. The minimum Gasteiger partial charge on any atom is -0.385 e. The number of aromatic nitrogens is 3. The number of halogens is 2. The predicted octanol–water partition coefficient (Wildman–Crippen LogP) is 3.98. The topological polar surface area (TPSA) is 64.3 Å². The first-order chi connectivity index (χ1) is 14.6. The standard InChI is InChI=1S/C22H24F2N4O2/c1-29-12-9-22(21-26-20(30-27-21)16-3-5-18(23)6-4-16)8-2-11-28(15-22)14-17-7-10-25-13-19(17)24/h3-7,10,13H,2,8-9,11-12,14-15H2,1H3. The van der Waals surface area contributed by atoms with Crippen LogP contribution in [0.1, 0.15) is 30.7 Å². The summed E-state index contributed by atoms with van der Waals surface area (Å²) in [7, 11) is 1.67. The second-order valence-corrected chi connectivity index (χ2v) is 7.73. The van der Waals surface area contributed by atoms with Gasteiger partial charge < -0.3 is 9.26 Å². The third kappa shape index (κ3) is 4.39. The van der Waals surface area contributed by atoms with Crippen LogP contribution in [0.15, 0.2) is 47.2 Å². The van der Waals surface area contributed by atoms with E-state index in [-0.39, 0.29) is 17.0 Å². The molecule has 1 aliphatic heterocycles. The number of rotatable bonds is 7.